The highest BCUT2D eigenvalue weighted by atomic mass is 33.1. The largest absolute Gasteiger partial charge is 0.391 e. The molecule has 11 atom stereocenters. The van der Waals surface area contributed by atoms with Crippen molar-refractivity contribution in [1.29, 1.82) is 0 Å². The summed E-state index contributed by atoms with van der Waals surface area (Å²) in [6, 6.07) is 3.92. The fourth-order valence-electron chi connectivity index (χ4n) is 9.50. The summed E-state index contributed by atoms with van der Waals surface area (Å²) in [7, 11) is 1.92. The first-order chi connectivity index (χ1) is 47.1. The van der Waals surface area contributed by atoms with E-state index in [1.165, 1.54) is 13.8 Å². The van der Waals surface area contributed by atoms with E-state index in [0.717, 1.165) is 27.2 Å². The highest BCUT2D eigenvalue weighted by Crippen LogP contribution is 2.24. The van der Waals surface area contributed by atoms with Crippen LogP contribution in [0.25, 0.3) is 0 Å². The molecule has 1 aliphatic rings. The first-order valence-electron chi connectivity index (χ1n) is 32.4. The van der Waals surface area contributed by atoms with E-state index in [-0.39, 0.29) is 87.9 Å². The van der Waals surface area contributed by atoms with Crippen LogP contribution in [-0.4, -0.2) is 218 Å². The smallest absolute Gasteiger partial charge is 0.338 e. The second kappa shape index (κ2) is 46.0. The van der Waals surface area contributed by atoms with Crippen molar-refractivity contribution in [3.05, 3.63) is 71.8 Å². The summed E-state index contributed by atoms with van der Waals surface area (Å²) >= 11 is 0. The summed E-state index contributed by atoms with van der Waals surface area (Å²) in [5.74, 6) is -11.9. The van der Waals surface area contributed by atoms with E-state index in [9.17, 15) is 67.4 Å². The molecule has 13 amide bonds. The molecule has 1 heterocycles. The van der Waals surface area contributed by atoms with Crippen LogP contribution in [0.5, 0.6) is 0 Å². The number of hydrogen-bond acceptors (Lipinski definition) is 19. The number of rotatable bonds is 40. The van der Waals surface area contributed by atoms with E-state index < -0.39 is 163 Å². The van der Waals surface area contributed by atoms with E-state index in [4.69, 9.17) is 40.1 Å². The van der Waals surface area contributed by atoms with Crippen molar-refractivity contribution in [2.75, 3.05) is 57.3 Å². The highest BCUT2D eigenvalue weighted by Gasteiger charge is 2.36. The van der Waals surface area contributed by atoms with Gasteiger partial charge >= 0.3 is 5.96 Å². The predicted molar refractivity (Wildman–Crippen MR) is 369 cm³/mol. The average molecular weight is 1430 g/mol. The molecule has 0 aromatic heterocycles. The fourth-order valence-corrected chi connectivity index (χ4v) is 11.8. The quantitative estimate of drug-likeness (QED) is 0.0127. The molecule has 0 saturated carbocycles. The molecule has 1 fully saturated rings. The van der Waals surface area contributed by atoms with Gasteiger partial charge in [-0.3, -0.25) is 83.8 Å². The lowest BCUT2D eigenvalue weighted by Crippen LogP contribution is -2.78. The summed E-state index contributed by atoms with van der Waals surface area (Å²) in [6.45, 7) is 1.50. The molecule has 99 heavy (non-hydrogen) atoms. The molecule has 0 aliphatic carbocycles. The van der Waals surface area contributed by atoms with Crippen LogP contribution in [0.4, 0.5) is 0 Å². The highest BCUT2D eigenvalue weighted by molar-refractivity contribution is 8.76. The summed E-state index contributed by atoms with van der Waals surface area (Å²) < 4.78 is 0. The molecule has 38 heteroatoms. The normalized spacial score (nSPS) is 17.8. The molecular formula is C61H100N22O14S2+2. The molecule has 2 aromatic carbocycles. The molecule has 3 rings (SSSR count). The lowest BCUT2D eigenvalue weighted by atomic mass is 10.0. The van der Waals surface area contributed by atoms with Gasteiger partial charge in [-0.2, -0.15) is 0 Å². The second-order valence-corrected chi connectivity index (χ2v) is 25.8. The number of quaternary nitrogens is 1. The molecule has 0 unspecified atom stereocenters. The van der Waals surface area contributed by atoms with Crippen molar-refractivity contribution in [1.82, 2.24) is 63.8 Å². The Morgan fingerprint density at radius 1 is 0.606 bits per heavy atom. The average Bonchev–Trinajstić information content (AvgIpc) is 0.908. The zero-order valence-corrected chi connectivity index (χ0v) is 57.4. The van der Waals surface area contributed by atoms with E-state index in [0.29, 0.717) is 44.3 Å². The van der Waals surface area contributed by atoms with Crippen LogP contribution < -0.4 is 115 Å². The lowest BCUT2D eigenvalue weighted by molar-refractivity contribution is -0.459. The van der Waals surface area contributed by atoms with Gasteiger partial charge in [-0.1, -0.05) is 82.3 Å². The monoisotopic (exact) mass is 1430 g/mol. The minimum Gasteiger partial charge on any atom is -0.391 e. The van der Waals surface area contributed by atoms with Gasteiger partial charge in [0, 0.05) is 24.5 Å². The van der Waals surface area contributed by atoms with Crippen LogP contribution in [0.2, 0.25) is 0 Å². The van der Waals surface area contributed by atoms with Crippen LogP contribution in [0.15, 0.2) is 65.7 Å². The Hall–Kier alpha value is -9.37. The molecule has 0 bridgehead atoms. The first-order valence-corrected chi connectivity index (χ1v) is 34.9. The number of carbonyl (C=O) groups excluding carboxylic acids is 13. The Labute approximate surface area is 581 Å². The van der Waals surface area contributed by atoms with Crippen molar-refractivity contribution >= 4 is 110 Å². The number of primary amides is 1. The minimum atomic E-state index is -1.75. The number of benzene rings is 2. The Kier molecular flexibility index (Phi) is 39.0. The minimum absolute atomic E-state index is 0.0281. The molecule has 1 aliphatic heterocycles. The van der Waals surface area contributed by atoms with Crippen LogP contribution in [0.1, 0.15) is 89.2 Å². The summed E-state index contributed by atoms with van der Waals surface area (Å²) in [5, 5.41) is 41.1. The van der Waals surface area contributed by atoms with Crippen molar-refractivity contribution in [3.63, 3.8) is 0 Å². The lowest BCUT2D eigenvalue weighted by Gasteiger charge is -2.28. The van der Waals surface area contributed by atoms with Crippen molar-refractivity contribution < 1.29 is 78.2 Å². The molecule has 36 nitrogen and oxygen atoms in total. The third kappa shape index (κ3) is 33.6. The zero-order chi connectivity index (χ0) is 73.4. The van der Waals surface area contributed by atoms with Gasteiger partial charge in [-0.15, -0.1) is 0 Å². The Morgan fingerprint density at radius 2 is 1.17 bits per heavy atom. The van der Waals surface area contributed by atoms with Gasteiger partial charge in [-0.05, 0) is 102 Å². The van der Waals surface area contributed by atoms with Gasteiger partial charge in [0.15, 0.2) is 5.96 Å². The van der Waals surface area contributed by atoms with Gasteiger partial charge in [0.25, 0.3) is 0 Å². The first kappa shape index (κ1) is 83.9. The Bertz CT molecular complexity index is 3060. The topological polar surface area (TPSA) is 623 Å². The summed E-state index contributed by atoms with van der Waals surface area (Å²) in [6.07, 6.45) is 0.858. The number of carbonyl (C=O) groups is 13. The predicted octanol–water partition coefficient (Wildman–Crippen LogP) is -10.5. The molecule has 31 N–H and O–H groups in total. The van der Waals surface area contributed by atoms with E-state index in [2.05, 4.69) is 79.5 Å². The van der Waals surface area contributed by atoms with Crippen molar-refractivity contribution in [2.45, 2.75) is 157 Å². The van der Waals surface area contributed by atoms with Gasteiger partial charge in [0.05, 0.1) is 44.9 Å². The molecule has 2 aromatic rings. The molecule has 0 radical (unpaired) electrons. The molecule has 548 valence electrons. The number of nitrogens with two attached hydrogens (primary N) is 7. The number of guanidine groups is 2. The Balaban J connectivity index is 1.84. The third-order valence-corrected chi connectivity index (χ3v) is 17.4. The van der Waals surface area contributed by atoms with Crippen LogP contribution >= 0.6 is 21.6 Å². The second-order valence-electron chi connectivity index (χ2n) is 23.3. The zero-order valence-electron chi connectivity index (χ0n) is 55.7. The van der Waals surface area contributed by atoms with E-state index in [1.54, 1.807) is 54.6 Å². The summed E-state index contributed by atoms with van der Waals surface area (Å²) in [4.78, 5) is 184. The SMILES string of the molecule is C[C@H](NC(=O)[C@@H]1CSSC[C@H](NC(=O)CNC(=O)[C@@H](NC(=O)[C@H](Cc2ccccc2)NC(=O)CNC(=O)CNC(=O)[C@@H](N)Cc2ccccc2)[C@@H](C)O)C(=O)N[C@@H](CCC[NH+]=C(N)N)C(=O)N[C@@H](CCCC[NH3+])C(=O)N1)C(=O)N[C@@H](CCCN=C(N)N)C(=O)N[C@@H](CCCCN)C(N)=O. The number of hydrogen-bond donors (Lipinski definition) is 22. The third-order valence-electron chi connectivity index (χ3n) is 15.0. The van der Waals surface area contributed by atoms with Crippen LogP contribution in [-0.2, 0) is 75.2 Å². The number of amides is 13. The number of aliphatic imine (C=N–C) groups is 1. The van der Waals surface area contributed by atoms with Gasteiger partial charge in [0.1, 0.15) is 54.4 Å². The fraction of sp³-hybridized carbons (Fsp3) is 0.557. The van der Waals surface area contributed by atoms with Crippen LogP contribution in [0, 0.1) is 0 Å². The van der Waals surface area contributed by atoms with Crippen LogP contribution in [0.3, 0.4) is 0 Å². The Morgan fingerprint density at radius 3 is 1.79 bits per heavy atom. The van der Waals surface area contributed by atoms with Gasteiger partial charge < -0.3 is 103 Å². The number of nitrogens with zero attached hydrogens (tertiary/aromatic N) is 1. The van der Waals surface area contributed by atoms with Gasteiger partial charge in [-0.25, -0.2) is 0 Å². The maximum atomic E-state index is 14.3. The molecule has 1 saturated heterocycles. The van der Waals surface area contributed by atoms with Gasteiger partial charge in [0.2, 0.25) is 76.8 Å². The number of aliphatic hydroxyl groups excluding tert-OH is 1. The molecular weight excluding hydrogens is 1330 g/mol. The molecule has 0 spiro atoms. The number of aliphatic hydroxyl groups is 1. The van der Waals surface area contributed by atoms with Crippen molar-refractivity contribution in [2.24, 2.45) is 45.1 Å². The number of nitrogens with one attached hydrogen (secondary N) is 13. The maximum Gasteiger partial charge on any atom is 0.338 e. The maximum absolute atomic E-state index is 14.3. The van der Waals surface area contributed by atoms with E-state index in [1.807, 2.05) is 6.07 Å². The van der Waals surface area contributed by atoms with E-state index >= 15 is 0 Å². The standard InChI is InChI=1S/C61H98N22O14S2/c1-34(51(89)79-41(21-13-25-70-60(66)67)53(91)78-39(50(65)88)19-9-11-23-62)75-57(95)45-33-99-98-32-44(58(96)81-42(22-14-26-71-61(68)69)54(92)80-40(55(93)82-45)20-10-12-24-63)77-48(87)31-74-59(97)49(35(2)84)83-56(94)43(28-37-17-7-4-8-18-37)76-47(86)30-72-46(85)29-73-52(90)38(64)27-36-15-5-3-6-16-36/h3-8,15-18,34-35,38-45,49,84H,9-14,19-33,62-64H2,1-2H3,(H2,65,88)(H,72,85)(H,73,90)(H,74,97)(H,75,95)(H,76,86)(H,77,87)(H,78,91)(H,79,89)(H,80,92)(H,81,96)(H,82,93)(H,83,94)(H4,66,67,70)(H4,68,69,71)/p+2/t34-,35+,38-,39-,40-,41-,42-,43-,44-,45-,49-/m0/s1. The van der Waals surface area contributed by atoms with Crippen molar-refractivity contribution in [3.8, 4) is 0 Å². The number of unbranched alkanes of at least 4 members (excludes halogenated alkanes) is 2. The summed E-state index contributed by atoms with van der Waals surface area (Å²) in [5.41, 5.74) is 44.5.